The highest BCUT2D eigenvalue weighted by Gasteiger charge is 2.30. The van der Waals surface area contributed by atoms with Crippen LogP contribution in [0.1, 0.15) is 297 Å². The van der Waals surface area contributed by atoms with Gasteiger partial charge in [0.15, 0.2) is 12.2 Å². The van der Waals surface area contributed by atoms with Crippen molar-refractivity contribution in [2.24, 2.45) is 0 Å². The molecule has 572 valence electrons. The largest absolute Gasteiger partial charge is 0.472 e. The molecule has 0 amide bonds. The summed E-state index contributed by atoms with van der Waals surface area (Å²) in [4.78, 5) is 72.8. The highest BCUT2D eigenvalue weighted by Crippen LogP contribution is 2.45. The molecule has 0 bridgehead atoms. The maximum atomic E-state index is 13.1. The van der Waals surface area contributed by atoms with Gasteiger partial charge in [-0.25, -0.2) is 9.13 Å². The SMILES string of the molecule is CC/C=C\C/C=C\C/C=C\C/C=C\C/C=C\CCCC(=O)OCC(COP(=O)(O)OCC(O)COP(=O)(O)OCC(COC(=O)CCCCCCC/C=C\CCCCCCCC)OC(=O)CCCCCCCCCCCCC)OC(=O)CCC/C=C\C/C=C\C/C=C\C/C=C\C/C=C\CC. The second-order valence-corrected chi connectivity index (χ2v) is 28.1. The van der Waals surface area contributed by atoms with Crippen LogP contribution in [0.15, 0.2) is 134 Å². The summed E-state index contributed by atoms with van der Waals surface area (Å²) in [5.41, 5.74) is 0. The lowest BCUT2D eigenvalue weighted by molar-refractivity contribution is -0.161. The molecular weight excluding hydrogens is 1310 g/mol. The summed E-state index contributed by atoms with van der Waals surface area (Å²) in [5, 5.41) is 10.6. The van der Waals surface area contributed by atoms with Crippen LogP contribution in [0.4, 0.5) is 0 Å². The molecule has 0 aromatic heterocycles. The second kappa shape index (κ2) is 72.5. The molecule has 0 fully saturated rings. The molecule has 0 aliphatic rings. The van der Waals surface area contributed by atoms with Crippen molar-refractivity contribution in [1.82, 2.24) is 0 Å². The number of aliphatic hydroxyl groups is 1. The zero-order chi connectivity index (χ0) is 73.2. The van der Waals surface area contributed by atoms with E-state index in [1.165, 1.54) is 77.0 Å². The lowest BCUT2D eigenvalue weighted by Gasteiger charge is -2.21. The molecule has 0 aromatic rings. The molecule has 5 atom stereocenters. The van der Waals surface area contributed by atoms with Gasteiger partial charge in [0.2, 0.25) is 0 Å². The lowest BCUT2D eigenvalue weighted by Crippen LogP contribution is -2.30. The van der Waals surface area contributed by atoms with Crippen LogP contribution in [0.2, 0.25) is 0 Å². The van der Waals surface area contributed by atoms with E-state index in [9.17, 15) is 43.2 Å². The summed E-state index contributed by atoms with van der Waals surface area (Å²) in [6.45, 7) is 4.49. The predicted molar refractivity (Wildman–Crippen MR) is 408 cm³/mol. The molecule has 0 saturated heterocycles. The maximum Gasteiger partial charge on any atom is 0.472 e. The number of aliphatic hydroxyl groups excluding tert-OH is 1. The molecule has 0 aromatic carbocycles. The lowest BCUT2D eigenvalue weighted by atomic mass is 10.1. The Bertz CT molecular complexity index is 2420. The fourth-order valence-electron chi connectivity index (χ4n) is 9.82. The summed E-state index contributed by atoms with van der Waals surface area (Å²) in [5.74, 6) is -2.32. The Kier molecular flexibility index (Phi) is 69.1. The number of hydrogen-bond acceptors (Lipinski definition) is 15. The van der Waals surface area contributed by atoms with Crippen molar-refractivity contribution < 1.29 is 80.2 Å². The van der Waals surface area contributed by atoms with Gasteiger partial charge in [0.1, 0.15) is 19.3 Å². The van der Waals surface area contributed by atoms with Crippen LogP contribution in [-0.2, 0) is 65.4 Å². The van der Waals surface area contributed by atoms with E-state index in [-0.39, 0.29) is 25.7 Å². The van der Waals surface area contributed by atoms with E-state index in [1.807, 2.05) is 24.3 Å². The van der Waals surface area contributed by atoms with Crippen LogP contribution >= 0.6 is 15.6 Å². The molecule has 0 saturated carbocycles. The van der Waals surface area contributed by atoms with Crippen molar-refractivity contribution in [2.75, 3.05) is 39.6 Å². The molecule has 19 heteroatoms. The third-order valence-electron chi connectivity index (χ3n) is 15.6. The Labute approximate surface area is 605 Å². The summed E-state index contributed by atoms with van der Waals surface area (Å²) < 4.78 is 68.3. The van der Waals surface area contributed by atoms with E-state index in [0.29, 0.717) is 38.5 Å². The van der Waals surface area contributed by atoms with Crippen molar-refractivity contribution >= 4 is 39.5 Å². The van der Waals surface area contributed by atoms with Crippen molar-refractivity contribution in [3.05, 3.63) is 134 Å². The number of phosphoric ester groups is 2. The van der Waals surface area contributed by atoms with Gasteiger partial charge in [0.25, 0.3) is 0 Å². The normalized spacial score (nSPS) is 14.7. The maximum absolute atomic E-state index is 13.1. The quantitative estimate of drug-likeness (QED) is 0.0169. The van der Waals surface area contributed by atoms with E-state index >= 15 is 0 Å². The Morgan fingerprint density at radius 1 is 0.290 bits per heavy atom. The topological polar surface area (TPSA) is 237 Å². The predicted octanol–water partition coefficient (Wildman–Crippen LogP) is 22.1. The molecule has 3 N–H and O–H groups in total. The smallest absolute Gasteiger partial charge is 0.462 e. The third kappa shape index (κ3) is 71.6. The Hall–Kier alpha value is -4.80. The van der Waals surface area contributed by atoms with Crippen LogP contribution in [0.3, 0.4) is 0 Å². The number of unbranched alkanes of at least 4 members (excludes halogenated alkanes) is 23. The molecule has 17 nitrogen and oxygen atoms in total. The van der Waals surface area contributed by atoms with Gasteiger partial charge in [-0.3, -0.25) is 37.3 Å². The minimum atomic E-state index is -5.01. The highest BCUT2D eigenvalue weighted by molar-refractivity contribution is 7.47. The van der Waals surface area contributed by atoms with E-state index in [0.717, 1.165) is 128 Å². The third-order valence-corrected chi connectivity index (χ3v) is 17.5. The summed E-state index contributed by atoms with van der Waals surface area (Å²) in [6, 6.07) is 0. The zero-order valence-electron chi connectivity index (χ0n) is 62.3. The highest BCUT2D eigenvalue weighted by atomic mass is 31.2. The fourth-order valence-corrected chi connectivity index (χ4v) is 11.4. The number of hydrogen-bond donors (Lipinski definition) is 3. The first-order chi connectivity index (χ1) is 48.7. The Morgan fingerprint density at radius 2 is 0.530 bits per heavy atom. The number of esters is 4. The van der Waals surface area contributed by atoms with Gasteiger partial charge in [0.05, 0.1) is 26.4 Å². The van der Waals surface area contributed by atoms with Gasteiger partial charge in [-0.2, -0.15) is 0 Å². The van der Waals surface area contributed by atoms with Crippen LogP contribution in [-0.4, -0.2) is 96.7 Å². The molecule has 5 unspecified atom stereocenters. The number of carbonyl (C=O) groups is 4. The Morgan fingerprint density at radius 3 is 0.860 bits per heavy atom. The number of phosphoric acid groups is 2. The van der Waals surface area contributed by atoms with Gasteiger partial charge < -0.3 is 33.8 Å². The summed E-state index contributed by atoms with van der Waals surface area (Å²) >= 11 is 0. The van der Waals surface area contributed by atoms with Crippen LogP contribution in [0.5, 0.6) is 0 Å². The molecule has 0 aliphatic carbocycles. The zero-order valence-corrected chi connectivity index (χ0v) is 64.1. The minimum Gasteiger partial charge on any atom is -0.462 e. The number of ether oxygens (including phenoxy) is 4. The molecule has 0 radical (unpaired) electrons. The van der Waals surface area contributed by atoms with Gasteiger partial charge >= 0.3 is 39.5 Å². The average molecular weight is 1440 g/mol. The molecule has 0 spiro atoms. The summed E-state index contributed by atoms with van der Waals surface area (Å²) in [6.07, 6.45) is 80.3. The first-order valence-corrected chi connectivity index (χ1v) is 41.4. The Balaban J connectivity index is 5.45. The van der Waals surface area contributed by atoms with Gasteiger partial charge in [-0.1, -0.05) is 277 Å². The van der Waals surface area contributed by atoms with Crippen molar-refractivity contribution in [3.8, 4) is 0 Å². The molecule has 100 heavy (non-hydrogen) atoms. The van der Waals surface area contributed by atoms with E-state index in [4.69, 9.17) is 37.0 Å². The molecular formula is C81H136O17P2. The van der Waals surface area contributed by atoms with Crippen LogP contribution < -0.4 is 0 Å². The molecule has 0 rings (SSSR count). The average Bonchev–Trinajstić information content (AvgIpc) is 1.00. The van der Waals surface area contributed by atoms with Crippen LogP contribution in [0, 0.1) is 0 Å². The van der Waals surface area contributed by atoms with Crippen molar-refractivity contribution in [1.29, 1.82) is 0 Å². The first-order valence-electron chi connectivity index (χ1n) is 38.4. The van der Waals surface area contributed by atoms with E-state index in [1.54, 1.807) is 0 Å². The fraction of sp³-hybridized carbons (Fsp3) is 0.679. The van der Waals surface area contributed by atoms with Crippen molar-refractivity contribution in [2.45, 2.75) is 316 Å². The van der Waals surface area contributed by atoms with Crippen molar-refractivity contribution in [3.63, 3.8) is 0 Å². The second-order valence-electron chi connectivity index (χ2n) is 25.2. The van der Waals surface area contributed by atoms with Gasteiger partial charge in [0, 0.05) is 25.7 Å². The van der Waals surface area contributed by atoms with Gasteiger partial charge in [-0.05, 0) is 128 Å². The molecule has 0 heterocycles. The minimum absolute atomic E-state index is 0.000914. The monoisotopic (exact) mass is 1440 g/mol. The van der Waals surface area contributed by atoms with E-state index in [2.05, 4.69) is 137 Å². The standard InChI is InChI=1S/C81H136O17P2/c1-5-9-13-17-21-25-29-32-35-37-40-43-47-50-54-58-62-66-79(84)92-72-77(98-81(86)68-64-60-56-52-48-44-41-38-36-33-30-26-22-18-14-10-6-2)74-96-100(89,90)94-70-75(82)69-93-99(87,88)95-73-76(97-80(85)67-63-59-55-51-45-28-24-20-16-12-8-4)71-91-78(83)65-61-57-53-49-46-42-39-34-31-27-23-19-15-11-7-3/h9-10,13-14,21-22,25-26,32-36,39-41,43-44,50,52,54,56,75-77,82H,5-8,11-12,15-20,23-24,27-31,37-38,42,45-49,51,53,55,57-74H2,1-4H3,(H,87,88)(H,89,90)/b13-9-,14-10-,25-21-,26-22-,35-32-,36-33-,39-34-,43-40-,44-41-,54-50-,56-52-. The number of carbonyl (C=O) groups excluding carboxylic acids is 4. The van der Waals surface area contributed by atoms with Gasteiger partial charge in [-0.15, -0.1) is 0 Å². The first kappa shape index (κ1) is 95.2. The van der Waals surface area contributed by atoms with E-state index < -0.39 is 97.5 Å². The number of allylic oxidation sites excluding steroid dienone is 22. The van der Waals surface area contributed by atoms with Crippen LogP contribution in [0.25, 0.3) is 0 Å². The molecule has 0 aliphatic heterocycles. The number of rotatable bonds is 71. The summed E-state index contributed by atoms with van der Waals surface area (Å²) in [7, 11) is -9.99.